The van der Waals surface area contributed by atoms with Crippen molar-refractivity contribution in [3.8, 4) is 5.69 Å². The molecular formula is C12H13N5O3S. The fraction of sp³-hybridized carbons (Fsp3) is 0.417. The van der Waals surface area contributed by atoms with Gasteiger partial charge in [0.1, 0.15) is 11.2 Å². The number of rotatable bonds is 4. The highest BCUT2D eigenvalue weighted by Gasteiger charge is 2.30. The molecule has 0 aliphatic carbocycles. The van der Waals surface area contributed by atoms with Crippen LogP contribution in [0.5, 0.6) is 0 Å². The van der Waals surface area contributed by atoms with Crippen molar-refractivity contribution in [2.24, 2.45) is 5.92 Å². The molecule has 1 aliphatic rings. The predicted octanol–water partition coefficient (Wildman–Crippen LogP) is 0.661. The molecule has 1 amide bonds. The minimum Gasteiger partial charge on any atom is -0.481 e. The van der Waals surface area contributed by atoms with Crippen molar-refractivity contribution in [3.63, 3.8) is 0 Å². The lowest BCUT2D eigenvalue weighted by molar-refractivity contribution is -0.138. The Hall–Kier alpha value is -2.29. The van der Waals surface area contributed by atoms with E-state index in [0.29, 0.717) is 23.7 Å². The summed E-state index contributed by atoms with van der Waals surface area (Å²) in [6, 6.07) is 1.79. The molecule has 0 spiro atoms. The highest BCUT2D eigenvalue weighted by Crippen LogP contribution is 2.26. The molecule has 0 radical (unpaired) electrons. The zero-order valence-corrected chi connectivity index (χ0v) is 11.9. The normalized spacial score (nSPS) is 18.1. The van der Waals surface area contributed by atoms with Crippen molar-refractivity contribution >= 4 is 23.2 Å². The largest absolute Gasteiger partial charge is 0.481 e. The van der Waals surface area contributed by atoms with Crippen LogP contribution in [0.1, 0.15) is 22.5 Å². The van der Waals surface area contributed by atoms with Crippen LogP contribution in [0.15, 0.2) is 17.8 Å². The second kappa shape index (κ2) is 5.60. The first-order valence-electron chi connectivity index (χ1n) is 6.47. The smallest absolute Gasteiger partial charge is 0.303 e. The summed E-state index contributed by atoms with van der Waals surface area (Å²) in [6.45, 7) is 1.07. The molecule has 3 rings (SSSR count). The van der Waals surface area contributed by atoms with E-state index in [1.165, 1.54) is 22.3 Å². The third kappa shape index (κ3) is 2.77. The van der Waals surface area contributed by atoms with Gasteiger partial charge in [-0.1, -0.05) is 0 Å². The van der Waals surface area contributed by atoms with Gasteiger partial charge < -0.3 is 10.0 Å². The lowest BCUT2D eigenvalue weighted by Crippen LogP contribution is -2.29. The molecule has 0 aromatic carbocycles. The summed E-state index contributed by atoms with van der Waals surface area (Å²) < 4.78 is 1.45. The molecule has 0 bridgehead atoms. The predicted molar refractivity (Wildman–Crippen MR) is 73.3 cm³/mol. The highest BCUT2D eigenvalue weighted by atomic mass is 32.1. The van der Waals surface area contributed by atoms with Crippen molar-refractivity contribution < 1.29 is 14.7 Å². The van der Waals surface area contributed by atoms with E-state index in [9.17, 15) is 9.59 Å². The van der Waals surface area contributed by atoms with Gasteiger partial charge >= 0.3 is 5.97 Å². The molecule has 2 aromatic rings. The SMILES string of the molecule is O=C(O)CC1CCN(C(=O)c2sccc2-n2cnnn2)C1. The minimum absolute atomic E-state index is 0.0305. The number of carbonyl (C=O) groups excluding carboxylic acids is 1. The summed E-state index contributed by atoms with van der Waals surface area (Å²) in [5.41, 5.74) is 0.650. The fourth-order valence-electron chi connectivity index (χ4n) is 2.49. The van der Waals surface area contributed by atoms with E-state index in [4.69, 9.17) is 5.11 Å². The minimum atomic E-state index is -0.820. The third-order valence-electron chi connectivity index (χ3n) is 3.47. The van der Waals surface area contributed by atoms with Crippen LogP contribution in [0.2, 0.25) is 0 Å². The van der Waals surface area contributed by atoms with E-state index in [-0.39, 0.29) is 18.2 Å². The zero-order chi connectivity index (χ0) is 14.8. The van der Waals surface area contributed by atoms with Crippen molar-refractivity contribution in [3.05, 3.63) is 22.7 Å². The highest BCUT2D eigenvalue weighted by molar-refractivity contribution is 7.12. The van der Waals surface area contributed by atoms with E-state index in [0.717, 1.165) is 6.42 Å². The molecule has 1 aliphatic heterocycles. The number of nitrogens with zero attached hydrogens (tertiary/aromatic N) is 5. The molecule has 9 heteroatoms. The van der Waals surface area contributed by atoms with Crippen LogP contribution in [0.3, 0.4) is 0 Å². The molecular weight excluding hydrogens is 294 g/mol. The quantitative estimate of drug-likeness (QED) is 0.890. The van der Waals surface area contributed by atoms with Crippen LogP contribution in [-0.2, 0) is 4.79 Å². The summed E-state index contributed by atoms with van der Waals surface area (Å²) in [4.78, 5) is 25.6. The Morgan fingerprint density at radius 3 is 3.05 bits per heavy atom. The summed E-state index contributed by atoms with van der Waals surface area (Å²) in [5, 5.41) is 21.6. The Kier molecular flexibility index (Phi) is 3.65. The van der Waals surface area contributed by atoms with Crippen molar-refractivity contribution in [1.82, 2.24) is 25.1 Å². The topological polar surface area (TPSA) is 101 Å². The third-order valence-corrected chi connectivity index (χ3v) is 4.36. The van der Waals surface area contributed by atoms with Gasteiger partial charge in [0.2, 0.25) is 0 Å². The monoisotopic (exact) mass is 307 g/mol. The molecule has 2 aromatic heterocycles. The number of amides is 1. The summed E-state index contributed by atoms with van der Waals surface area (Å²) in [7, 11) is 0. The summed E-state index contributed by atoms with van der Waals surface area (Å²) >= 11 is 1.33. The lowest BCUT2D eigenvalue weighted by atomic mass is 10.1. The molecule has 3 heterocycles. The van der Waals surface area contributed by atoms with Gasteiger partial charge in [-0.3, -0.25) is 9.59 Å². The summed E-state index contributed by atoms with van der Waals surface area (Å²) in [5.74, 6) is -0.883. The van der Waals surface area contributed by atoms with Crippen LogP contribution >= 0.6 is 11.3 Å². The van der Waals surface area contributed by atoms with Gasteiger partial charge in [-0.05, 0) is 34.2 Å². The first-order valence-corrected chi connectivity index (χ1v) is 7.35. The number of carboxylic acids is 1. The standard InChI is InChI=1S/C12H13N5O3S/c18-10(19)5-8-1-3-16(6-8)12(20)11-9(2-4-21-11)17-7-13-14-15-17/h2,4,7-8H,1,3,5-6H2,(H,18,19). The average molecular weight is 307 g/mol. The van der Waals surface area contributed by atoms with Crippen LogP contribution in [0.25, 0.3) is 5.69 Å². The van der Waals surface area contributed by atoms with Gasteiger partial charge in [-0.2, -0.15) is 4.68 Å². The first-order chi connectivity index (χ1) is 10.1. The van der Waals surface area contributed by atoms with Crippen LogP contribution in [0.4, 0.5) is 0 Å². The van der Waals surface area contributed by atoms with Crippen LogP contribution < -0.4 is 0 Å². The van der Waals surface area contributed by atoms with Crippen molar-refractivity contribution in [2.45, 2.75) is 12.8 Å². The average Bonchev–Trinajstić information content (AvgIpc) is 3.18. The van der Waals surface area contributed by atoms with Crippen molar-refractivity contribution in [2.75, 3.05) is 13.1 Å². The number of carbonyl (C=O) groups is 2. The zero-order valence-electron chi connectivity index (χ0n) is 11.0. The van der Waals surface area contributed by atoms with E-state index >= 15 is 0 Å². The number of hydrogen-bond donors (Lipinski definition) is 1. The number of likely N-dealkylation sites (tertiary alicyclic amines) is 1. The number of tetrazole rings is 1. The maximum absolute atomic E-state index is 12.6. The molecule has 1 N–H and O–H groups in total. The van der Waals surface area contributed by atoms with E-state index in [2.05, 4.69) is 15.5 Å². The summed E-state index contributed by atoms with van der Waals surface area (Å²) in [6.07, 6.45) is 2.27. The fourth-order valence-corrected chi connectivity index (χ4v) is 3.33. The molecule has 110 valence electrons. The van der Waals surface area contributed by atoms with Gasteiger partial charge in [0.15, 0.2) is 0 Å². The Morgan fingerprint density at radius 1 is 1.48 bits per heavy atom. The first kappa shape index (κ1) is 13.7. The second-order valence-corrected chi connectivity index (χ2v) is 5.81. The van der Waals surface area contributed by atoms with Gasteiger partial charge in [-0.15, -0.1) is 16.4 Å². The Morgan fingerprint density at radius 2 is 2.33 bits per heavy atom. The Labute approximate surface area is 124 Å². The number of carboxylic acid groups (broad SMARTS) is 1. The number of aliphatic carboxylic acids is 1. The number of aromatic nitrogens is 4. The van der Waals surface area contributed by atoms with Crippen LogP contribution in [0, 0.1) is 5.92 Å². The number of thiophene rings is 1. The van der Waals surface area contributed by atoms with Gasteiger partial charge in [0, 0.05) is 19.5 Å². The van der Waals surface area contributed by atoms with Gasteiger partial charge in [-0.25, -0.2) is 0 Å². The van der Waals surface area contributed by atoms with Gasteiger partial charge in [0.25, 0.3) is 5.91 Å². The van der Waals surface area contributed by atoms with Crippen molar-refractivity contribution in [1.29, 1.82) is 0 Å². The second-order valence-electron chi connectivity index (χ2n) is 4.89. The molecule has 0 saturated carbocycles. The molecule has 1 unspecified atom stereocenters. The molecule has 8 nitrogen and oxygen atoms in total. The Bertz CT molecular complexity index is 654. The maximum atomic E-state index is 12.6. The van der Waals surface area contributed by atoms with E-state index in [1.54, 1.807) is 11.0 Å². The maximum Gasteiger partial charge on any atom is 0.303 e. The van der Waals surface area contributed by atoms with Crippen LogP contribution in [-0.4, -0.2) is 55.2 Å². The number of hydrogen-bond acceptors (Lipinski definition) is 6. The molecule has 1 atom stereocenters. The molecule has 1 fully saturated rings. The lowest BCUT2D eigenvalue weighted by Gasteiger charge is -2.16. The Balaban J connectivity index is 1.75. The molecule has 1 saturated heterocycles. The van der Waals surface area contributed by atoms with Gasteiger partial charge in [0.05, 0.1) is 5.69 Å². The molecule has 21 heavy (non-hydrogen) atoms. The van der Waals surface area contributed by atoms with E-state index < -0.39 is 5.97 Å². The van der Waals surface area contributed by atoms with E-state index in [1.807, 2.05) is 5.38 Å².